The van der Waals surface area contributed by atoms with Crippen molar-refractivity contribution < 1.29 is 8.42 Å². The van der Waals surface area contributed by atoms with Crippen LogP contribution in [-0.2, 0) is 10.0 Å². The zero-order valence-corrected chi connectivity index (χ0v) is 17.7. The first-order valence-corrected chi connectivity index (χ1v) is 11.1. The van der Waals surface area contributed by atoms with Crippen molar-refractivity contribution in [3.8, 4) is 0 Å². The molecule has 0 amide bonds. The van der Waals surface area contributed by atoms with E-state index in [-0.39, 0.29) is 21.0 Å². The van der Waals surface area contributed by atoms with Gasteiger partial charge in [0.1, 0.15) is 0 Å². The Morgan fingerprint density at radius 1 is 0.966 bits per heavy atom. The number of hydrogen-bond acceptors (Lipinski definition) is 3. The van der Waals surface area contributed by atoms with Crippen LogP contribution in [-0.4, -0.2) is 18.0 Å². The number of nitrogens with one attached hydrogen (secondary N) is 1. The molecule has 0 spiro atoms. The summed E-state index contributed by atoms with van der Waals surface area (Å²) in [6.45, 7) is 2.09. The van der Waals surface area contributed by atoms with Crippen LogP contribution in [0.25, 0.3) is 11.0 Å². The average Bonchev–Trinajstić information content (AvgIpc) is 3.10. The number of rotatable bonds is 5. The minimum absolute atomic E-state index is 0.00155. The summed E-state index contributed by atoms with van der Waals surface area (Å²) in [5.74, 6) is 0. The standard InChI is InChI=1S/C21H17Cl2N3O2S/c1-14(15-5-3-2-4-6-15)26-13-24-20-12-18(7-8-21(20)26)25-29(27,28)19-10-16(22)9-17(23)11-19/h2-14,25H,1H3. The van der Waals surface area contributed by atoms with Gasteiger partial charge in [-0.2, -0.15) is 0 Å². The van der Waals surface area contributed by atoms with Gasteiger partial charge in [0.2, 0.25) is 0 Å². The Balaban J connectivity index is 1.65. The summed E-state index contributed by atoms with van der Waals surface area (Å²) in [5.41, 5.74) is 3.17. The van der Waals surface area contributed by atoms with Crippen molar-refractivity contribution in [1.82, 2.24) is 9.55 Å². The van der Waals surface area contributed by atoms with Gasteiger partial charge in [-0.1, -0.05) is 53.5 Å². The summed E-state index contributed by atoms with van der Waals surface area (Å²) in [4.78, 5) is 4.44. The molecular formula is C21H17Cl2N3O2S. The first kappa shape index (κ1) is 19.8. The third-order valence-electron chi connectivity index (χ3n) is 4.67. The lowest BCUT2D eigenvalue weighted by Gasteiger charge is -2.15. The van der Waals surface area contributed by atoms with E-state index < -0.39 is 10.0 Å². The lowest BCUT2D eigenvalue weighted by Crippen LogP contribution is -2.13. The van der Waals surface area contributed by atoms with Gasteiger partial charge in [-0.3, -0.25) is 4.72 Å². The van der Waals surface area contributed by atoms with Crippen LogP contribution in [0.1, 0.15) is 18.5 Å². The van der Waals surface area contributed by atoms with Crippen LogP contribution < -0.4 is 4.72 Å². The van der Waals surface area contributed by atoms with Gasteiger partial charge in [0.25, 0.3) is 10.0 Å². The second-order valence-electron chi connectivity index (χ2n) is 6.65. The predicted molar refractivity (Wildman–Crippen MR) is 117 cm³/mol. The number of nitrogens with zero attached hydrogens (tertiary/aromatic N) is 2. The fourth-order valence-electron chi connectivity index (χ4n) is 3.19. The summed E-state index contributed by atoms with van der Waals surface area (Å²) >= 11 is 11.9. The zero-order chi connectivity index (χ0) is 20.6. The van der Waals surface area contributed by atoms with Gasteiger partial charge in [-0.15, -0.1) is 0 Å². The maximum Gasteiger partial charge on any atom is 0.261 e. The Morgan fingerprint density at radius 3 is 2.34 bits per heavy atom. The number of fused-ring (bicyclic) bond motifs is 1. The van der Waals surface area contributed by atoms with E-state index in [9.17, 15) is 8.42 Å². The van der Waals surface area contributed by atoms with E-state index >= 15 is 0 Å². The maximum atomic E-state index is 12.7. The molecule has 8 heteroatoms. The molecule has 1 aromatic heterocycles. The highest BCUT2D eigenvalue weighted by Gasteiger charge is 2.17. The highest BCUT2D eigenvalue weighted by molar-refractivity contribution is 7.92. The van der Waals surface area contributed by atoms with Gasteiger partial charge in [0, 0.05) is 10.0 Å². The van der Waals surface area contributed by atoms with Crippen LogP contribution in [0.5, 0.6) is 0 Å². The molecule has 0 aliphatic heterocycles. The molecule has 3 aromatic carbocycles. The third kappa shape index (κ3) is 4.10. The molecule has 5 nitrogen and oxygen atoms in total. The van der Waals surface area contributed by atoms with Gasteiger partial charge in [-0.25, -0.2) is 13.4 Å². The fourth-order valence-corrected chi connectivity index (χ4v) is 4.97. The van der Waals surface area contributed by atoms with Crippen LogP contribution in [0.15, 0.2) is 78.0 Å². The van der Waals surface area contributed by atoms with Gasteiger partial charge in [0.05, 0.1) is 34.0 Å². The number of anilines is 1. The SMILES string of the molecule is CC(c1ccccc1)n1cnc2cc(NS(=O)(=O)c3cc(Cl)cc(Cl)c3)ccc21. The molecule has 1 atom stereocenters. The monoisotopic (exact) mass is 445 g/mol. The Kier molecular flexibility index (Phi) is 5.25. The Hall–Kier alpha value is -2.54. The lowest BCUT2D eigenvalue weighted by atomic mass is 10.1. The molecule has 0 aliphatic rings. The zero-order valence-electron chi connectivity index (χ0n) is 15.4. The van der Waals surface area contributed by atoms with Crippen molar-refractivity contribution in [1.29, 1.82) is 0 Å². The van der Waals surface area contributed by atoms with Crippen LogP contribution in [0.2, 0.25) is 10.0 Å². The molecule has 0 fully saturated rings. The largest absolute Gasteiger partial charge is 0.323 e. The van der Waals surface area contributed by atoms with Crippen molar-refractivity contribution in [3.05, 3.63) is 88.7 Å². The number of halogens is 2. The second-order valence-corrected chi connectivity index (χ2v) is 9.21. The molecule has 0 bridgehead atoms. The van der Waals surface area contributed by atoms with E-state index in [1.165, 1.54) is 18.2 Å². The maximum absolute atomic E-state index is 12.7. The summed E-state index contributed by atoms with van der Waals surface area (Å²) < 4.78 is 30.0. The highest BCUT2D eigenvalue weighted by atomic mass is 35.5. The minimum atomic E-state index is -3.83. The van der Waals surface area contributed by atoms with E-state index in [2.05, 4.69) is 33.3 Å². The molecule has 1 unspecified atom stereocenters. The lowest BCUT2D eigenvalue weighted by molar-refractivity contribution is 0.601. The molecular weight excluding hydrogens is 429 g/mol. The second kappa shape index (κ2) is 7.71. The molecule has 4 aromatic rings. The molecule has 0 radical (unpaired) electrons. The van der Waals surface area contributed by atoms with E-state index in [1.54, 1.807) is 18.5 Å². The summed E-state index contributed by atoms with van der Waals surface area (Å²) in [6.07, 6.45) is 1.76. The van der Waals surface area contributed by atoms with Crippen molar-refractivity contribution >= 4 is 49.9 Å². The van der Waals surface area contributed by atoms with Crippen LogP contribution in [0.4, 0.5) is 5.69 Å². The first-order chi connectivity index (χ1) is 13.8. The Morgan fingerprint density at radius 2 is 1.66 bits per heavy atom. The van der Waals surface area contributed by atoms with Crippen molar-refractivity contribution in [3.63, 3.8) is 0 Å². The average molecular weight is 446 g/mol. The third-order valence-corrected chi connectivity index (χ3v) is 6.47. The van der Waals surface area contributed by atoms with E-state index in [0.29, 0.717) is 11.2 Å². The molecule has 0 saturated heterocycles. The Bertz CT molecular complexity index is 1270. The Labute approximate surface area is 179 Å². The molecule has 1 heterocycles. The fraction of sp³-hybridized carbons (Fsp3) is 0.0952. The summed E-state index contributed by atoms with van der Waals surface area (Å²) in [6, 6.07) is 19.7. The molecule has 4 rings (SSSR count). The van der Waals surface area contributed by atoms with Gasteiger partial charge >= 0.3 is 0 Å². The topological polar surface area (TPSA) is 64.0 Å². The number of sulfonamides is 1. The number of hydrogen-bond donors (Lipinski definition) is 1. The van der Waals surface area contributed by atoms with Gasteiger partial charge < -0.3 is 4.57 Å². The molecule has 0 saturated carbocycles. The van der Waals surface area contributed by atoms with E-state index in [0.717, 1.165) is 11.1 Å². The van der Waals surface area contributed by atoms with Gasteiger partial charge in [0.15, 0.2) is 0 Å². The first-order valence-electron chi connectivity index (χ1n) is 8.84. The van der Waals surface area contributed by atoms with Crippen LogP contribution in [0, 0.1) is 0 Å². The number of imidazole rings is 1. The molecule has 0 aliphatic carbocycles. The molecule has 148 valence electrons. The minimum Gasteiger partial charge on any atom is -0.323 e. The summed E-state index contributed by atoms with van der Waals surface area (Å²) in [7, 11) is -3.83. The molecule has 1 N–H and O–H groups in total. The quantitative estimate of drug-likeness (QED) is 0.424. The van der Waals surface area contributed by atoms with Crippen LogP contribution >= 0.6 is 23.2 Å². The smallest absolute Gasteiger partial charge is 0.261 e. The summed E-state index contributed by atoms with van der Waals surface area (Å²) in [5, 5.41) is 0.504. The predicted octanol–water partition coefficient (Wildman–Crippen LogP) is 5.75. The van der Waals surface area contributed by atoms with Crippen LogP contribution in [0.3, 0.4) is 0 Å². The number of benzene rings is 3. The molecule has 29 heavy (non-hydrogen) atoms. The highest BCUT2D eigenvalue weighted by Crippen LogP contribution is 2.27. The van der Waals surface area contributed by atoms with Crippen molar-refractivity contribution in [2.45, 2.75) is 17.9 Å². The normalized spacial score (nSPS) is 12.8. The van der Waals surface area contributed by atoms with Crippen molar-refractivity contribution in [2.75, 3.05) is 4.72 Å². The van der Waals surface area contributed by atoms with E-state index in [4.69, 9.17) is 23.2 Å². The van der Waals surface area contributed by atoms with Crippen molar-refractivity contribution in [2.24, 2.45) is 0 Å². The van der Waals surface area contributed by atoms with Gasteiger partial charge in [-0.05, 0) is 48.9 Å². The number of aromatic nitrogens is 2. The van der Waals surface area contributed by atoms with E-state index in [1.807, 2.05) is 24.3 Å².